The van der Waals surface area contributed by atoms with Gasteiger partial charge in [-0.05, 0) is 24.7 Å². The van der Waals surface area contributed by atoms with Crippen LogP contribution < -0.4 is 0 Å². The Morgan fingerprint density at radius 2 is 1.46 bits per heavy atom. The Morgan fingerprint density at radius 3 is 2.00 bits per heavy atom. The fourth-order valence-electron chi connectivity index (χ4n) is 1.59. The van der Waals surface area contributed by atoms with E-state index < -0.39 is 0 Å². The topological polar surface area (TPSA) is 0 Å². The first-order valence-electron chi connectivity index (χ1n) is 5.76. The molecule has 0 aliphatic rings. The molecule has 0 aliphatic carbocycles. The lowest BCUT2D eigenvalue weighted by Crippen LogP contribution is -1.98. The van der Waals surface area contributed by atoms with Gasteiger partial charge in [0.25, 0.3) is 0 Å². The van der Waals surface area contributed by atoms with Crippen molar-refractivity contribution in [1.82, 2.24) is 0 Å². The molecule has 0 fully saturated rings. The van der Waals surface area contributed by atoms with Crippen LogP contribution >= 0.6 is 15.9 Å². The van der Waals surface area contributed by atoms with Crippen molar-refractivity contribution >= 4 is 15.9 Å². The molecule has 0 nitrogen and oxygen atoms in total. The zero-order valence-electron chi connectivity index (χ0n) is 9.48. The van der Waals surface area contributed by atoms with E-state index in [1.165, 1.54) is 43.9 Å². The minimum Gasteiger partial charge on any atom is -0.0928 e. The maximum Gasteiger partial charge on any atom is 0.00314 e. The van der Waals surface area contributed by atoms with E-state index in [2.05, 4.69) is 36.7 Å². The normalized spacial score (nSPS) is 15.7. The fraction of sp³-hybridized carbons (Fsp3) is 1.00. The van der Waals surface area contributed by atoms with Gasteiger partial charge >= 0.3 is 0 Å². The molecule has 1 heteroatoms. The summed E-state index contributed by atoms with van der Waals surface area (Å²) in [7, 11) is 0. The van der Waals surface area contributed by atoms with Crippen molar-refractivity contribution in [2.24, 2.45) is 11.8 Å². The van der Waals surface area contributed by atoms with Gasteiger partial charge in [-0.15, -0.1) is 0 Å². The Morgan fingerprint density at radius 1 is 0.923 bits per heavy atom. The first-order valence-corrected chi connectivity index (χ1v) is 6.88. The van der Waals surface area contributed by atoms with Gasteiger partial charge in [-0.25, -0.2) is 0 Å². The van der Waals surface area contributed by atoms with Gasteiger partial charge in [-0.3, -0.25) is 0 Å². The van der Waals surface area contributed by atoms with Gasteiger partial charge in [0.15, 0.2) is 0 Å². The van der Waals surface area contributed by atoms with Gasteiger partial charge in [-0.2, -0.15) is 0 Å². The van der Waals surface area contributed by atoms with Crippen LogP contribution in [0.1, 0.15) is 59.3 Å². The highest BCUT2D eigenvalue weighted by Gasteiger charge is 2.03. The zero-order valence-corrected chi connectivity index (χ0v) is 11.1. The Hall–Kier alpha value is 0.480. The Balaban J connectivity index is 3.21. The van der Waals surface area contributed by atoms with Crippen molar-refractivity contribution in [2.45, 2.75) is 59.3 Å². The van der Waals surface area contributed by atoms with E-state index in [-0.39, 0.29) is 0 Å². The number of alkyl halides is 1. The smallest absolute Gasteiger partial charge is 0.00314 e. The van der Waals surface area contributed by atoms with Gasteiger partial charge in [0.1, 0.15) is 0 Å². The molecule has 0 saturated carbocycles. The van der Waals surface area contributed by atoms with Gasteiger partial charge in [0, 0.05) is 5.33 Å². The van der Waals surface area contributed by atoms with Gasteiger partial charge in [0.05, 0.1) is 0 Å². The molecule has 0 aromatic rings. The molecular formula is C12H25Br. The summed E-state index contributed by atoms with van der Waals surface area (Å²) in [6.45, 7) is 7.04. The molecule has 0 aromatic carbocycles. The standard InChI is InChI=1S/C12H25Br/c1-4-11(2)7-5-8-12(3)9-6-10-13/h11-12H,4-10H2,1-3H3. The van der Waals surface area contributed by atoms with E-state index in [9.17, 15) is 0 Å². The van der Waals surface area contributed by atoms with Crippen LogP contribution in [-0.4, -0.2) is 5.33 Å². The molecule has 0 aromatic heterocycles. The van der Waals surface area contributed by atoms with Gasteiger partial charge in [-0.1, -0.05) is 62.4 Å². The van der Waals surface area contributed by atoms with Gasteiger partial charge < -0.3 is 0 Å². The van der Waals surface area contributed by atoms with Crippen LogP contribution in [0, 0.1) is 11.8 Å². The molecule has 0 N–H and O–H groups in total. The highest BCUT2D eigenvalue weighted by atomic mass is 79.9. The van der Waals surface area contributed by atoms with E-state index in [0.29, 0.717) is 0 Å². The summed E-state index contributed by atoms with van der Waals surface area (Å²) in [5.41, 5.74) is 0. The Kier molecular flexibility index (Phi) is 9.39. The fourth-order valence-corrected chi connectivity index (χ4v) is 1.91. The van der Waals surface area contributed by atoms with Crippen LogP contribution in [-0.2, 0) is 0 Å². The largest absolute Gasteiger partial charge is 0.0928 e. The van der Waals surface area contributed by atoms with Crippen LogP contribution in [0.4, 0.5) is 0 Å². The van der Waals surface area contributed by atoms with E-state index in [4.69, 9.17) is 0 Å². The number of hydrogen-bond acceptors (Lipinski definition) is 0. The van der Waals surface area contributed by atoms with Crippen LogP contribution in [0.15, 0.2) is 0 Å². The van der Waals surface area contributed by atoms with E-state index in [1.54, 1.807) is 0 Å². The Labute approximate surface area is 92.6 Å². The molecule has 13 heavy (non-hydrogen) atoms. The second kappa shape index (κ2) is 9.05. The molecule has 0 heterocycles. The van der Waals surface area contributed by atoms with Crippen molar-refractivity contribution in [3.8, 4) is 0 Å². The third kappa shape index (κ3) is 8.80. The molecule has 2 unspecified atom stereocenters. The molecule has 80 valence electrons. The maximum absolute atomic E-state index is 3.48. The predicted octanol–water partition coefficient (Wildman–Crippen LogP) is 5.01. The Bertz CT molecular complexity index is 101. The van der Waals surface area contributed by atoms with Gasteiger partial charge in [0.2, 0.25) is 0 Å². The highest BCUT2D eigenvalue weighted by molar-refractivity contribution is 9.09. The van der Waals surface area contributed by atoms with Crippen molar-refractivity contribution < 1.29 is 0 Å². The third-order valence-corrected chi connectivity index (χ3v) is 3.48. The van der Waals surface area contributed by atoms with Crippen molar-refractivity contribution in [2.75, 3.05) is 5.33 Å². The third-order valence-electron chi connectivity index (χ3n) is 2.92. The summed E-state index contributed by atoms with van der Waals surface area (Å²) >= 11 is 3.48. The summed E-state index contributed by atoms with van der Waals surface area (Å²) in [5, 5.41) is 1.17. The molecule has 0 saturated heterocycles. The van der Waals surface area contributed by atoms with E-state index in [1.807, 2.05) is 0 Å². The number of rotatable bonds is 8. The lowest BCUT2D eigenvalue weighted by molar-refractivity contribution is 0.417. The van der Waals surface area contributed by atoms with E-state index in [0.717, 1.165) is 11.8 Å². The SMILES string of the molecule is CCC(C)CCCC(C)CCCBr. The molecule has 0 amide bonds. The summed E-state index contributed by atoms with van der Waals surface area (Å²) in [6, 6.07) is 0. The lowest BCUT2D eigenvalue weighted by Gasteiger charge is -2.12. The zero-order chi connectivity index (χ0) is 10.1. The first kappa shape index (κ1) is 13.5. The number of halogens is 1. The first-order chi connectivity index (χ1) is 6.20. The minimum atomic E-state index is 0.932. The minimum absolute atomic E-state index is 0.932. The van der Waals surface area contributed by atoms with Crippen molar-refractivity contribution in [3.63, 3.8) is 0 Å². The maximum atomic E-state index is 3.48. The molecule has 0 radical (unpaired) electrons. The van der Waals surface area contributed by atoms with Crippen LogP contribution in [0.25, 0.3) is 0 Å². The predicted molar refractivity (Wildman–Crippen MR) is 65.5 cm³/mol. The van der Waals surface area contributed by atoms with E-state index >= 15 is 0 Å². The highest BCUT2D eigenvalue weighted by Crippen LogP contribution is 2.18. The van der Waals surface area contributed by atoms with Crippen LogP contribution in [0.5, 0.6) is 0 Å². The average Bonchev–Trinajstić information content (AvgIpc) is 2.14. The van der Waals surface area contributed by atoms with Crippen LogP contribution in [0.2, 0.25) is 0 Å². The summed E-state index contributed by atoms with van der Waals surface area (Å²) in [6.07, 6.45) is 8.36. The molecule has 2 atom stereocenters. The summed E-state index contributed by atoms with van der Waals surface area (Å²) in [4.78, 5) is 0. The molecular weight excluding hydrogens is 224 g/mol. The second-order valence-electron chi connectivity index (χ2n) is 4.38. The summed E-state index contributed by atoms with van der Waals surface area (Å²) < 4.78 is 0. The second-order valence-corrected chi connectivity index (χ2v) is 5.17. The quantitative estimate of drug-likeness (QED) is 0.530. The molecule has 0 bridgehead atoms. The molecule has 0 rings (SSSR count). The van der Waals surface area contributed by atoms with Crippen LogP contribution in [0.3, 0.4) is 0 Å². The molecule has 0 spiro atoms. The number of hydrogen-bond donors (Lipinski definition) is 0. The van der Waals surface area contributed by atoms with Crippen molar-refractivity contribution in [1.29, 1.82) is 0 Å². The summed E-state index contributed by atoms with van der Waals surface area (Å²) in [5.74, 6) is 1.87. The monoisotopic (exact) mass is 248 g/mol. The average molecular weight is 249 g/mol. The van der Waals surface area contributed by atoms with Crippen molar-refractivity contribution in [3.05, 3.63) is 0 Å². The molecule has 0 aliphatic heterocycles. The lowest BCUT2D eigenvalue weighted by atomic mass is 9.95.